The molecule has 0 aliphatic rings. The molecule has 6 aromatic carbocycles. The molecular formula is C68H63Cl6FN6O9. The molecule has 0 fully saturated rings. The van der Waals surface area contributed by atoms with Crippen LogP contribution in [0.5, 0.6) is 17.2 Å². The van der Waals surface area contributed by atoms with Gasteiger partial charge < -0.3 is 45.0 Å². The highest BCUT2D eigenvalue weighted by Gasteiger charge is 2.22. The monoisotopic (exact) mass is 1340 g/mol. The van der Waals surface area contributed by atoms with Crippen LogP contribution < -0.4 is 32.6 Å². The van der Waals surface area contributed by atoms with E-state index in [0.29, 0.717) is 111 Å². The first kappa shape index (κ1) is 69.1. The fourth-order valence-electron chi connectivity index (χ4n) is 9.49. The summed E-state index contributed by atoms with van der Waals surface area (Å²) in [5.41, 5.74) is 6.55. The van der Waals surface area contributed by atoms with Gasteiger partial charge in [-0.15, -0.1) is 0 Å². The van der Waals surface area contributed by atoms with Gasteiger partial charge in [0.15, 0.2) is 17.2 Å². The molecule has 0 spiro atoms. The summed E-state index contributed by atoms with van der Waals surface area (Å²) in [5, 5.41) is 41.8. The smallest absolute Gasteiger partial charge is 0.293 e. The lowest BCUT2D eigenvalue weighted by atomic mass is 10.1. The third-order valence-corrected chi connectivity index (χ3v) is 16.7. The minimum atomic E-state index is -0.710. The Bertz CT molecular complexity index is 4140. The van der Waals surface area contributed by atoms with Gasteiger partial charge in [-0.1, -0.05) is 135 Å². The van der Waals surface area contributed by atoms with Gasteiger partial charge in [-0.25, -0.2) is 4.39 Å². The summed E-state index contributed by atoms with van der Waals surface area (Å²) in [6, 6.07) is 41.4. The topological polar surface area (TPSA) is 214 Å². The molecule has 0 bridgehead atoms. The van der Waals surface area contributed by atoms with Crippen LogP contribution in [0.4, 0.5) is 4.39 Å². The second-order valence-electron chi connectivity index (χ2n) is 21.0. The number of carbonyl (C=O) groups is 3. The van der Waals surface area contributed by atoms with E-state index < -0.39 is 57.5 Å². The Morgan fingerprint density at radius 3 is 0.989 bits per heavy atom. The van der Waals surface area contributed by atoms with Gasteiger partial charge in [0, 0.05) is 40.8 Å². The summed E-state index contributed by atoms with van der Waals surface area (Å²) in [6.07, 6.45) is 4.03. The lowest BCUT2D eigenvalue weighted by Crippen LogP contribution is -2.28. The molecule has 0 saturated carbocycles. The van der Waals surface area contributed by atoms with Crippen molar-refractivity contribution in [3.05, 3.63) is 257 Å². The van der Waals surface area contributed by atoms with E-state index in [1.807, 2.05) is 80.6 Å². The molecule has 0 aliphatic heterocycles. The number of rotatable bonds is 18. The first-order valence-electron chi connectivity index (χ1n) is 28.2. The van der Waals surface area contributed by atoms with Crippen molar-refractivity contribution in [2.75, 3.05) is 19.6 Å². The Labute approximate surface area is 548 Å². The number of aryl methyl sites for hydroxylation is 5. The SMILES string of the molecule is Cc1cccc(-c2cc(C(=O)NCCCc3ccc(Cl)c(Cl)c3)c(O)c(=O)n2C)c1.Cc1cccc(-c2cc(C(=O)NCCCc3ccc(Cl)c(Cl)c3)c(O)c(=O)n2C)c1.Cn1c(-c2ccc(F)cc2)cc(C(=O)NCCCc2ccc(Cl)c(Cl)c2)c(O)c1=O. The van der Waals surface area contributed by atoms with E-state index in [0.717, 1.165) is 38.9 Å². The maximum atomic E-state index is 13.2. The number of halogens is 7. The van der Waals surface area contributed by atoms with Crippen LogP contribution in [-0.4, -0.2) is 66.4 Å². The zero-order valence-electron chi connectivity index (χ0n) is 49.5. The first-order chi connectivity index (χ1) is 42.8. The number of nitrogens with one attached hydrogen (secondary N) is 3. The molecule has 9 aromatic rings. The first-order valence-corrected chi connectivity index (χ1v) is 30.5. The van der Waals surface area contributed by atoms with Crippen molar-refractivity contribution in [1.29, 1.82) is 0 Å². The predicted molar refractivity (Wildman–Crippen MR) is 357 cm³/mol. The van der Waals surface area contributed by atoms with Crippen LogP contribution in [-0.2, 0) is 40.4 Å². The predicted octanol–water partition coefficient (Wildman–Crippen LogP) is 14.0. The largest absolute Gasteiger partial charge is 0.502 e. The molecule has 0 unspecified atom stereocenters. The Kier molecular flexibility index (Phi) is 24.5. The normalized spacial score (nSPS) is 10.8. The van der Waals surface area contributed by atoms with E-state index in [4.69, 9.17) is 69.6 Å². The molecule has 0 radical (unpaired) electrons. The van der Waals surface area contributed by atoms with Crippen LogP contribution in [0, 0.1) is 19.7 Å². The Morgan fingerprint density at radius 2 is 0.700 bits per heavy atom. The minimum Gasteiger partial charge on any atom is -0.502 e. The second kappa shape index (κ2) is 31.9. The highest BCUT2D eigenvalue weighted by atomic mass is 35.5. The number of benzene rings is 6. The van der Waals surface area contributed by atoms with Crippen molar-refractivity contribution in [3.8, 4) is 51.0 Å². The molecule has 9 rings (SSSR count). The van der Waals surface area contributed by atoms with Gasteiger partial charge in [0.25, 0.3) is 34.4 Å². The van der Waals surface area contributed by atoms with Crippen LogP contribution in [0.3, 0.4) is 0 Å². The third-order valence-electron chi connectivity index (χ3n) is 14.5. The Hall–Kier alpha value is -8.35. The number of carbonyl (C=O) groups excluding carboxylic acids is 3. The van der Waals surface area contributed by atoms with Crippen LogP contribution in [0.15, 0.2) is 160 Å². The quantitative estimate of drug-likeness (QED) is 0.0450. The number of nitrogens with zero attached hydrogens (tertiary/aromatic N) is 3. The van der Waals surface area contributed by atoms with Gasteiger partial charge in [-0.05, 0) is 177 Å². The molecular weight excluding hydrogens is 1280 g/mol. The number of pyridine rings is 3. The van der Waals surface area contributed by atoms with Gasteiger partial charge in [-0.3, -0.25) is 28.8 Å². The fraction of sp³-hybridized carbons (Fsp3) is 0.206. The Balaban J connectivity index is 0.000000192. The molecule has 0 saturated heterocycles. The highest BCUT2D eigenvalue weighted by molar-refractivity contribution is 6.43. The summed E-state index contributed by atoms with van der Waals surface area (Å²) < 4.78 is 17.1. The van der Waals surface area contributed by atoms with Crippen molar-refractivity contribution in [2.45, 2.75) is 52.4 Å². The van der Waals surface area contributed by atoms with Gasteiger partial charge in [0.2, 0.25) is 0 Å². The molecule has 15 nitrogen and oxygen atoms in total. The zero-order chi connectivity index (χ0) is 65.5. The zero-order valence-corrected chi connectivity index (χ0v) is 54.0. The van der Waals surface area contributed by atoms with E-state index in [-0.39, 0.29) is 16.7 Å². The third kappa shape index (κ3) is 18.0. The lowest BCUT2D eigenvalue weighted by molar-refractivity contribution is 0.0941. The molecule has 0 atom stereocenters. The number of hydrogen-bond donors (Lipinski definition) is 6. The highest BCUT2D eigenvalue weighted by Crippen LogP contribution is 2.29. The van der Waals surface area contributed by atoms with Crippen molar-refractivity contribution in [1.82, 2.24) is 29.7 Å². The van der Waals surface area contributed by atoms with Crippen LogP contribution in [0.2, 0.25) is 30.1 Å². The maximum Gasteiger partial charge on any atom is 0.293 e. The van der Waals surface area contributed by atoms with E-state index in [2.05, 4.69) is 16.0 Å². The number of amides is 3. The molecule has 3 aromatic heterocycles. The van der Waals surface area contributed by atoms with Crippen molar-refractivity contribution >= 4 is 87.3 Å². The number of aromatic nitrogens is 3. The average molecular weight is 1340 g/mol. The minimum absolute atomic E-state index is 0.0378. The van der Waals surface area contributed by atoms with Gasteiger partial charge in [0.1, 0.15) is 5.82 Å². The molecule has 3 heterocycles. The van der Waals surface area contributed by atoms with Crippen molar-refractivity contribution < 1.29 is 34.1 Å². The standard InChI is InChI=1S/2C23H22Cl2N2O3.C22H19Cl2FN2O3/c2*1-14-5-3-7-16(11-14)20-13-17(21(28)23(30)27(20)2)22(29)26-10-4-6-15-8-9-18(24)19(25)12-15;1-27-19(14-5-7-15(25)8-6-14)12-16(20(28)22(27)30)21(29)26-10-2-3-13-4-9-17(23)18(24)11-13/h2*3,5,7-9,11-13,28H,4,6,10H2,1-2H3,(H,26,29);4-9,11-12,28H,2-3,10H2,1H3,(H,26,29). The molecule has 0 aliphatic carbocycles. The van der Waals surface area contributed by atoms with E-state index >= 15 is 0 Å². The summed E-state index contributed by atoms with van der Waals surface area (Å²) in [7, 11) is 4.61. The van der Waals surface area contributed by atoms with Gasteiger partial charge >= 0.3 is 0 Å². The second-order valence-corrected chi connectivity index (χ2v) is 23.5. The molecule has 3 amide bonds. The summed E-state index contributed by atoms with van der Waals surface area (Å²) in [4.78, 5) is 75.1. The van der Waals surface area contributed by atoms with E-state index in [9.17, 15) is 48.5 Å². The summed E-state index contributed by atoms with van der Waals surface area (Å²) >= 11 is 35.8. The summed E-state index contributed by atoms with van der Waals surface area (Å²) in [5.74, 6) is -3.72. The molecule has 90 heavy (non-hydrogen) atoms. The van der Waals surface area contributed by atoms with E-state index in [1.165, 1.54) is 51.1 Å². The van der Waals surface area contributed by atoms with Crippen LogP contribution >= 0.6 is 69.6 Å². The molecule has 468 valence electrons. The molecule has 22 heteroatoms. The average Bonchev–Trinajstić information content (AvgIpc) is 0.863. The van der Waals surface area contributed by atoms with Crippen molar-refractivity contribution in [3.63, 3.8) is 0 Å². The number of aromatic hydroxyl groups is 3. The van der Waals surface area contributed by atoms with E-state index in [1.54, 1.807) is 62.6 Å². The van der Waals surface area contributed by atoms with Crippen molar-refractivity contribution in [2.24, 2.45) is 21.1 Å². The fourth-order valence-corrected chi connectivity index (χ4v) is 10.5. The Morgan fingerprint density at radius 1 is 0.400 bits per heavy atom. The molecule has 6 N–H and O–H groups in total. The van der Waals surface area contributed by atoms with Gasteiger partial charge in [-0.2, -0.15) is 0 Å². The number of hydrogen-bond acceptors (Lipinski definition) is 9. The van der Waals surface area contributed by atoms with Crippen LogP contribution in [0.25, 0.3) is 33.8 Å². The maximum absolute atomic E-state index is 13.2. The van der Waals surface area contributed by atoms with Gasteiger partial charge in [0.05, 0.1) is 63.9 Å². The lowest BCUT2D eigenvalue weighted by Gasteiger charge is -2.13. The van der Waals surface area contributed by atoms with Crippen LogP contribution in [0.1, 0.15) is 78.2 Å². The summed E-state index contributed by atoms with van der Waals surface area (Å²) in [6.45, 7) is 4.99.